The van der Waals surface area contributed by atoms with E-state index in [1.54, 1.807) is 0 Å². The second kappa shape index (κ2) is 4.04. The minimum Gasteiger partial charge on any atom is -0.378 e. The van der Waals surface area contributed by atoms with Gasteiger partial charge in [-0.3, -0.25) is 4.79 Å². The predicted octanol–water partition coefficient (Wildman–Crippen LogP) is 1.53. The van der Waals surface area contributed by atoms with Crippen molar-refractivity contribution < 1.29 is 18.3 Å². The molecule has 1 heterocycles. The average molecular weight is 221 g/mol. The predicted molar refractivity (Wildman–Crippen MR) is 51.8 cm³/mol. The minimum absolute atomic E-state index is 0.254. The number of carbonyl (C=O) groups is 1. The molecule has 0 aliphatic carbocycles. The van der Waals surface area contributed by atoms with Crippen LogP contribution in [0, 0.1) is 5.41 Å². The number of halogens is 2. The van der Waals surface area contributed by atoms with Crippen LogP contribution in [0.25, 0.3) is 0 Å². The normalized spacial score (nSPS) is 19.1. The maximum atomic E-state index is 13.7. The lowest BCUT2D eigenvalue weighted by Gasteiger charge is -2.35. The third-order valence-corrected chi connectivity index (χ3v) is 2.51. The molecular formula is C10H17F2NO2. The Morgan fingerprint density at radius 1 is 1.20 bits per heavy atom. The van der Waals surface area contributed by atoms with E-state index in [9.17, 15) is 13.6 Å². The lowest BCUT2D eigenvalue weighted by Crippen LogP contribution is -2.53. The summed E-state index contributed by atoms with van der Waals surface area (Å²) in [5, 5.41) is 0. The summed E-state index contributed by atoms with van der Waals surface area (Å²) in [7, 11) is 0. The molecule has 1 aliphatic rings. The van der Waals surface area contributed by atoms with Crippen molar-refractivity contribution in [1.82, 2.24) is 4.90 Å². The molecule has 1 rings (SSSR count). The number of alkyl halides is 2. The molecule has 1 amide bonds. The van der Waals surface area contributed by atoms with E-state index in [1.807, 2.05) is 0 Å². The Balaban J connectivity index is 2.74. The van der Waals surface area contributed by atoms with Gasteiger partial charge in [-0.15, -0.1) is 0 Å². The van der Waals surface area contributed by atoms with Crippen LogP contribution in [-0.2, 0) is 9.53 Å². The van der Waals surface area contributed by atoms with Gasteiger partial charge in [0.05, 0.1) is 13.2 Å². The van der Waals surface area contributed by atoms with Gasteiger partial charge in [-0.25, -0.2) is 0 Å². The van der Waals surface area contributed by atoms with Gasteiger partial charge in [-0.05, 0) is 0 Å². The molecule has 1 saturated heterocycles. The van der Waals surface area contributed by atoms with Crippen molar-refractivity contribution in [2.45, 2.75) is 26.7 Å². The fourth-order valence-electron chi connectivity index (χ4n) is 1.29. The number of hydrogen-bond donors (Lipinski definition) is 0. The second-order valence-corrected chi connectivity index (χ2v) is 4.73. The lowest BCUT2D eigenvalue weighted by molar-refractivity contribution is -0.177. The third kappa shape index (κ3) is 2.45. The first-order valence-electron chi connectivity index (χ1n) is 5.02. The van der Waals surface area contributed by atoms with Gasteiger partial charge in [0.1, 0.15) is 0 Å². The molecule has 88 valence electrons. The van der Waals surface area contributed by atoms with Gasteiger partial charge < -0.3 is 9.64 Å². The van der Waals surface area contributed by atoms with Crippen LogP contribution in [0.3, 0.4) is 0 Å². The largest absolute Gasteiger partial charge is 0.378 e. The zero-order valence-electron chi connectivity index (χ0n) is 9.35. The Hall–Kier alpha value is -0.710. The summed E-state index contributed by atoms with van der Waals surface area (Å²) >= 11 is 0. The van der Waals surface area contributed by atoms with Crippen molar-refractivity contribution in [1.29, 1.82) is 0 Å². The smallest absolute Gasteiger partial charge is 0.329 e. The first-order valence-corrected chi connectivity index (χ1v) is 5.02. The molecule has 0 spiro atoms. The molecule has 15 heavy (non-hydrogen) atoms. The number of morpholine rings is 1. The monoisotopic (exact) mass is 221 g/mol. The van der Waals surface area contributed by atoms with Crippen LogP contribution in [0.4, 0.5) is 8.78 Å². The molecule has 1 aliphatic heterocycles. The molecule has 0 saturated carbocycles. The Labute approximate surface area is 88.4 Å². The lowest BCUT2D eigenvalue weighted by atomic mass is 9.87. The molecule has 0 aromatic carbocycles. The van der Waals surface area contributed by atoms with Crippen LogP contribution in [0.1, 0.15) is 20.8 Å². The van der Waals surface area contributed by atoms with Gasteiger partial charge in [0, 0.05) is 18.5 Å². The van der Waals surface area contributed by atoms with E-state index in [0.717, 1.165) is 0 Å². The first kappa shape index (κ1) is 12.4. The summed E-state index contributed by atoms with van der Waals surface area (Å²) in [5.74, 6) is -4.40. The first-order chi connectivity index (χ1) is 6.77. The van der Waals surface area contributed by atoms with Gasteiger partial charge in [-0.1, -0.05) is 20.8 Å². The molecule has 3 nitrogen and oxygen atoms in total. The van der Waals surface area contributed by atoms with E-state index in [1.165, 1.54) is 25.7 Å². The number of amides is 1. The van der Waals surface area contributed by atoms with Gasteiger partial charge in [0.25, 0.3) is 5.91 Å². The van der Waals surface area contributed by atoms with E-state index < -0.39 is 17.2 Å². The Morgan fingerprint density at radius 3 is 2.07 bits per heavy atom. The fourth-order valence-corrected chi connectivity index (χ4v) is 1.29. The second-order valence-electron chi connectivity index (χ2n) is 4.73. The number of carbonyl (C=O) groups excluding carboxylic acids is 1. The Morgan fingerprint density at radius 2 is 1.67 bits per heavy atom. The highest BCUT2D eigenvalue weighted by molar-refractivity contribution is 5.84. The summed E-state index contributed by atoms with van der Waals surface area (Å²) in [6.45, 7) is 5.29. The summed E-state index contributed by atoms with van der Waals surface area (Å²) in [5.41, 5.74) is -1.34. The van der Waals surface area contributed by atoms with E-state index in [0.29, 0.717) is 13.2 Å². The standard InChI is InChI=1S/C10H17F2NO2/c1-9(2,3)10(11,12)8(14)13-4-6-15-7-5-13/h4-7H2,1-3H3. The SMILES string of the molecule is CC(C)(C)C(F)(F)C(=O)N1CCOCC1. The van der Waals surface area contributed by atoms with Crippen LogP contribution in [-0.4, -0.2) is 43.0 Å². The highest BCUT2D eigenvalue weighted by Gasteiger charge is 2.52. The zero-order valence-corrected chi connectivity index (χ0v) is 9.35. The third-order valence-electron chi connectivity index (χ3n) is 2.51. The van der Waals surface area contributed by atoms with Gasteiger partial charge >= 0.3 is 5.92 Å². The topological polar surface area (TPSA) is 29.5 Å². The molecule has 0 atom stereocenters. The van der Waals surface area contributed by atoms with Crippen molar-refractivity contribution >= 4 is 5.91 Å². The summed E-state index contributed by atoms with van der Waals surface area (Å²) < 4.78 is 32.4. The highest BCUT2D eigenvalue weighted by Crippen LogP contribution is 2.37. The molecule has 1 fully saturated rings. The molecule has 0 aromatic heterocycles. The maximum Gasteiger partial charge on any atom is 0.329 e. The number of hydrogen-bond acceptors (Lipinski definition) is 2. The maximum absolute atomic E-state index is 13.7. The van der Waals surface area contributed by atoms with Crippen molar-refractivity contribution in [2.24, 2.45) is 5.41 Å². The zero-order chi connectivity index (χ0) is 11.7. The number of rotatable bonds is 1. The van der Waals surface area contributed by atoms with Crippen molar-refractivity contribution in [3.05, 3.63) is 0 Å². The Bertz CT molecular complexity index is 242. The van der Waals surface area contributed by atoms with Crippen LogP contribution < -0.4 is 0 Å². The molecular weight excluding hydrogens is 204 g/mol. The van der Waals surface area contributed by atoms with Gasteiger partial charge in [0.15, 0.2) is 0 Å². The van der Waals surface area contributed by atoms with E-state index in [2.05, 4.69) is 0 Å². The number of nitrogens with zero attached hydrogens (tertiary/aromatic N) is 1. The van der Waals surface area contributed by atoms with E-state index >= 15 is 0 Å². The van der Waals surface area contributed by atoms with Crippen molar-refractivity contribution in [2.75, 3.05) is 26.3 Å². The average Bonchev–Trinajstić information content (AvgIpc) is 2.16. The molecule has 0 N–H and O–H groups in total. The summed E-state index contributed by atoms with van der Waals surface area (Å²) in [6, 6.07) is 0. The van der Waals surface area contributed by atoms with E-state index in [-0.39, 0.29) is 13.1 Å². The minimum atomic E-state index is -3.32. The summed E-state index contributed by atoms with van der Waals surface area (Å²) in [6.07, 6.45) is 0. The molecule has 0 bridgehead atoms. The van der Waals surface area contributed by atoms with Gasteiger partial charge in [-0.2, -0.15) is 8.78 Å². The quantitative estimate of drug-likeness (QED) is 0.672. The number of ether oxygens (including phenoxy) is 1. The molecule has 0 radical (unpaired) electrons. The van der Waals surface area contributed by atoms with Crippen LogP contribution in [0.5, 0.6) is 0 Å². The fraction of sp³-hybridized carbons (Fsp3) is 0.900. The molecule has 0 aromatic rings. The molecule has 0 unspecified atom stereocenters. The van der Waals surface area contributed by atoms with Crippen LogP contribution >= 0.6 is 0 Å². The Kier molecular flexibility index (Phi) is 3.33. The van der Waals surface area contributed by atoms with Crippen LogP contribution in [0.15, 0.2) is 0 Å². The summed E-state index contributed by atoms with van der Waals surface area (Å²) in [4.78, 5) is 12.8. The van der Waals surface area contributed by atoms with Crippen LogP contribution in [0.2, 0.25) is 0 Å². The van der Waals surface area contributed by atoms with Gasteiger partial charge in [0.2, 0.25) is 0 Å². The van der Waals surface area contributed by atoms with E-state index in [4.69, 9.17) is 4.74 Å². The van der Waals surface area contributed by atoms with Crippen molar-refractivity contribution in [3.63, 3.8) is 0 Å². The highest BCUT2D eigenvalue weighted by atomic mass is 19.3. The molecule has 5 heteroatoms. The van der Waals surface area contributed by atoms with Crippen molar-refractivity contribution in [3.8, 4) is 0 Å².